The van der Waals surface area contributed by atoms with Crippen molar-refractivity contribution in [3.63, 3.8) is 0 Å². The molecule has 2 aromatic rings. The third-order valence-electron chi connectivity index (χ3n) is 4.39. The third kappa shape index (κ3) is 7.86. The van der Waals surface area contributed by atoms with Gasteiger partial charge in [0.1, 0.15) is 17.4 Å². The highest BCUT2D eigenvalue weighted by molar-refractivity contribution is 6.01. The van der Waals surface area contributed by atoms with Crippen molar-refractivity contribution in [1.82, 2.24) is 5.32 Å². The van der Waals surface area contributed by atoms with E-state index in [0.29, 0.717) is 30.2 Å². The van der Waals surface area contributed by atoms with E-state index in [2.05, 4.69) is 5.32 Å². The van der Waals surface area contributed by atoms with Crippen LogP contribution in [0.4, 0.5) is 0 Å². The van der Waals surface area contributed by atoms with Crippen molar-refractivity contribution >= 4 is 24.0 Å². The van der Waals surface area contributed by atoms with E-state index in [1.165, 1.54) is 19.3 Å². The number of carbonyl (C=O) groups excluding carboxylic acids is 2. The van der Waals surface area contributed by atoms with Crippen LogP contribution >= 0.6 is 0 Å². The molecule has 7 heteroatoms. The number of nitrogens with zero attached hydrogens (tertiary/aromatic N) is 1. The molecule has 0 aromatic heterocycles. The fourth-order valence-corrected chi connectivity index (χ4v) is 2.77. The predicted octanol–water partition coefficient (Wildman–Crippen LogP) is 4.54. The molecule has 1 N–H and O–H groups in total. The Bertz CT molecular complexity index is 1070. The molecule has 0 bridgehead atoms. The van der Waals surface area contributed by atoms with E-state index in [-0.39, 0.29) is 11.3 Å². The van der Waals surface area contributed by atoms with Crippen LogP contribution in [0.15, 0.2) is 54.1 Å². The Morgan fingerprint density at radius 3 is 2.55 bits per heavy atom. The Morgan fingerprint density at radius 1 is 1.06 bits per heavy atom. The number of rotatable bonds is 11. The maximum absolute atomic E-state index is 12.4. The van der Waals surface area contributed by atoms with E-state index >= 15 is 0 Å². The minimum atomic E-state index is -0.585. The van der Waals surface area contributed by atoms with Crippen molar-refractivity contribution in [3.8, 4) is 23.3 Å². The molecule has 0 saturated carbocycles. The Morgan fingerprint density at radius 2 is 1.85 bits per heavy atom. The summed E-state index contributed by atoms with van der Waals surface area (Å²) >= 11 is 0. The lowest BCUT2D eigenvalue weighted by atomic mass is 10.1. The summed E-state index contributed by atoms with van der Waals surface area (Å²) in [5.74, 6) is 0.172. The van der Waals surface area contributed by atoms with Crippen LogP contribution < -0.4 is 19.5 Å². The van der Waals surface area contributed by atoms with E-state index in [4.69, 9.17) is 14.2 Å². The van der Waals surface area contributed by atoms with Gasteiger partial charge in [-0.25, -0.2) is 4.79 Å². The van der Waals surface area contributed by atoms with Crippen LogP contribution in [0.25, 0.3) is 12.2 Å². The van der Waals surface area contributed by atoms with Gasteiger partial charge in [0.2, 0.25) is 0 Å². The molecule has 2 aromatic carbocycles. The lowest BCUT2D eigenvalue weighted by Gasteiger charge is -2.10. The SMILES string of the molecule is CCCNC(=O)/C(C#N)=C/c1ccc(OC(=O)/C=C/c2ccccc2OCCC)c(OC)c1. The number of nitriles is 1. The van der Waals surface area contributed by atoms with E-state index in [9.17, 15) is 14.9 Å². The smallest absolute Gasteiger partial charge is 0.336 e. The minimum absolute atomic E-state index is 0.0258. The number of para-hydroxylation sites is 1. The molecule has 0 aliphatic heterocycles. The van der Waals surface area contributed by atoms with Crippen LogP contribution in [-0.2, 0) is 9.59 Å². The van der Waals surface area contributed by atoms with Crippen molar-refractivity contribution in [2.24, 2.45) is 0 Å². The maximum atomic E-state index is 12.4. The van der Waals surface area contributed by atoms with Gasteiger partial charge in [-0.05, 0) is 48.8 Å². The van der Waals surface area contributed by atoms with Gasteiger partial charge >= 0.3 is 5.97 Å². The molecule has 0 radical (unpaired) electrons. The average Bonchev–Trinajstić information content (AvgIpc) is 2.84. The number of methoxy groups -OCH3 is 1. The first-order valence-corrected chi connectivity index (χ1v) is 10.7. The van der Waals surface area contributed by atoms with Gasteiger partial charge < -0.3 is 19.5 Å². The maximum Gasteiger partial charge on any atom is 0.336 e. The zero-order valence-corrected chi connectivity index (χ0v) is 19.1. The summed E-state index contributed by atoms with van der Waals surface area (Å²) in [6.07, 6.45) is 6.04. The van der Waals surface area contributed by atoms with Crippen LogP contribution in [0.2, 0.25) is 0 Å². The Hall–Kier alpha value is -4.05. The largest absolute Gasteiger partial charge is 0.493 e. The number of carbonyl (C=O) groups is 2. The number of ether oxygens (including phenoxy) is 3. The summed E-state index contributed by atoms with van der Waals surface area (Å²) in [4.78, 5) is 24.4. The molecule has 7 nitrogen and oxygen atoms in total. The summed E-state index contributed by atoms with van der Waals surface area (Å²) in [5, 5.41) is 11.9. The molecule has 0 atom stereocenters. The molecular formula is C26H28N2O5. The highest BCUT2D eigenvalue weighted by Crippen LogP contribution is 2.29. The fourth-order valence-electron chi connectivity index (χ4n) is 2.77. The molecule has 0 unspecified atom stereocenters. The van der Waals surface area contributed by atoms with Gasteiger partial charge in [-0.15, -0.1) is 0 Å². The van der Waals surface area contributed by atoms with Crippen molar-refractivity contribution in [2.75, 3.05) is 20.3 Å². The second kappa shape index (κ2) is 13.4. The highest BCUT2D eigenvalue weighted by atomic mass is 16.6. The molecule has 0 aliphatic rings. The van der Waals surface area contributed by atoms with Crippen LogP contribution in [0.1, 0.15) is 37.8 Å². The number of hydrogen-bond donors (Lipinski definition) is 1. The summed E-state index contributed by atoms with van der Waals surface area (Å²) in [6, 6.07) is 14.1. The average molecular weight is 449 g/mol. The van der Waals surface area contributed by atoms with Gasteiger partial charge in [-0.2, -0.15) is 5.26 Å². The third-order valence-corrected chi connectivity index (χ3v) is 4.39. The molecule has 0 heterocycles. The second-order valence-electron chi connectivity index (χ2n) is 6.98. The van der Waals surface area contributed by atoms with Crippen LogP contribution in [0, 0.1) is 11.3 Å². The summed E-state index contributed by atoms with van der Waals surface area (Å²) in [6.45, 7) is 5.02. The quantitative estimate of drug-likeness (QED) is 0.235. The second-order valence-corrected chi connectivity index (χ2v) is 6.98. The van der Waals surface area contributed by atoms with Gasteiger partial charge in [0, 0.05) is 18.2 Å². The lowest BCUT2D eigenvalue weighted by molar-refractivity contribution is -0.129. The van der Waals surface area contributed by atoms with Gasteiger partial charge in [0.25, 0.3) is 5.91 Å². The van der Waals surface area contributed by atoms with Crippen LogP contribution in [0.5, 0.6) is 17.2 Å². The highest BCUT2D eigenvalue weighted by Gasteiger charge is 2.12. The molecule has 0 fully saturated rings. The first kappa shape index (κ1) is 25.2. The Balaban J connectivity index is 2.15. The van der Waals surface area contributed by atoms with E-state index in [0.717, 1.165) is 18.4 Å². The molecule has 1 amide bonds. The number of hydrogen-bond acceptors (Lipinski definition) is 6. The minimum Gasteiger partial charge on any atom is -0.493 e. The van der Waals surface area contributed by atoms with Gasteiger partial charge in [0.15, 0.2) is 11.5 Å². The normalized spacial score (nSPS) is 11.0. The van der Waals surface area contributed by atoms with Gasteiger partial charge in [0.05, 0.1) is 13.7 Å². The first-order chi connectivity index (χ1) is 16.0. The zero-order valence-electron chi connectivity index (χ0n) is 19.1. The molecule has 0 saturated heterocycles. The monoisotopic (exact) mass is 448 g/mol. The molecule has 0 spiro atoms. The topological polar surface area (TPSA) is 97.7 Å². The van der Waals surface area contributed by atoms with Crippen molar-refractivity contribution in [1.29, 1.82) is 5.26 Å². The number of amides is 1. The van der Waals surface area contributed by atoms with Crippen molar-refractivity contribution < 1.29 is 23.8 Å². The molecule has 0 aliphatic carbocycles. The van der Waals surface area contributed by atoms with E-state index in [1.54, 1.807) is 24.3 Å². The lowest BCUT2D eigenvalue weighted by Crippen LogP contribution is -2.25. The molecule has 2 rings (SSSR count). The fraction of sp³-hybridized carbons (Fsp3) is 0.269. The van der Waals surface area contributed by atoms with Crippen LogP contribution in [-0.4, -0.2) is 32.1 Å². The molecule has 172 valence electrons. The standard InChI is InChI=1S/C26H28N2O5/c1-4-14-28-26(30)21(18-27)16-19-10-12-23(24(17-19)31-3)33-25(29)13-11-20-8-6-7-9-22(20)32-15-5-2/h6-13,16-17H,4-5,14-15H2,1-3H3,(H,28,30)/b13-11+,21-16+. The first-order valence-electron chi connectivity index (χ1n) is 10.7. The summed E-state index contributed by atoms with van der Waals surface area (Å²) in [5.41, 5.74) is 1.30. The summed E-state index contributed by atoms with van der Waals surface area (Å²) in [7, 11) is 1.44. The van der Waals surface area contributed by atoms with E-state index < -0.39 is 11.9 Å². The molecular weight excluding hydrogens is 420 g/mol. The Kier molecular flexibility index (Phi) is 10.2. The zero-order chi connectivity index (χ0) is 24.1. The molecule has 33 heavy (non-hydrogen) atoms. The van der Waals surface area contributed by atoms with Gasteiger partial charge in [-0.3, -0.25) is 4.79 Å². The van der Waals surface area contributed by atoms with Crippen molar-refractivity contribution in [2.45, 2.75) is 26.7 Å². The number of esters is 1. The summed E-state index contributed by atoms with van der Waals surface area (Å²) < 4.78 is 16.4. The Labute approximate surface area is 194 Å². The number of nitrogens with one attached hydrogen (secondary N) is 1. The van der Waals surface area contributed by atoms with Crippen LogP contribution in [0.3, 0.4) is 0 Å². The van der Waals surface area contributed by atoms with E-state index in [1.807, 2.05) is 44.2 Å². The van der Waals surface area contributed by atoms with Crippen molar-refractivity contribution in [3.05, 3.63) is 65.2 Å². The number of benzene rings is 2. The predicted molar refractivity (Wildman–Crippen MR) is 127 cm³/mol. The van der Waals surface area contributed by atoms with Gasteiger partial charge in [-0.1, -0.05) is 38.1 Å².